The van der Waals surface area contributed by atoms with Crippen molar-refractivity contribution in [3.05, 3.63) is 48.2 Å². The predicted octanol–water partition coefficient (Wildman–Crippen LogP) is 5.15. The highest BCUT2D eigenvalue weighted by atomic mass is 28.4. The third-order valence-corrected chi connectivity index (χ3v) is 8.42. The predicted molar refractivity (Wildman–Crippen MR) is 82.2 cm³/mol. The fourth-order valence-corrected chi connectivity index (χ4v) is 4.90. The van der Waals surface area contributed by atoms with E-state index in [1.165, 1.54) is 23.7 Å². The van der Waals surface area contributed by atoms with Gasteiger partial charge in [0.1, 0.15) is 0 Å². The van der Waals surface area contributed by atoms with Crippen molar-refractivity contribution >= 4 is 8.32 Å². The Morgan fingerprint density at radius 2 is 1.61 bits per heavy atom. The van der Waals surface area contributed by atoms with E-state index in [9.17, 15) is 0 Å². The smallest absolute Gasteiger partial charge is 0.250 e. The van der Waals surface area contributed by atoms with Crippen molar-refractivity contribution in [3.63, 3.8) is 0 Å². The summed E-state index contributed by atoms with van der Waals surface area (Å²) in [6.07, 6.45) is 1.97. The Bertz CT molecular complexity index is 346. The van der Waals surface area contributed by atoms with Crippen molar-refractivity contribution in [2.75, 3.05) is 0 Å². The number of rotatable bonds is 8. The zero-order valence-electron chi connectivity index (χ0n) is 12.0. The number of hydrogen-bond acceptors (Lipinski definition) is 1. The highest BCUT2D eigenvalue weighted by Gasteiger charge is 2.30. The van der Waals surface area contributed by atoms with Crippen molar-refractivity contribution in [2.45, 2.75) is 51.7 Å². The molecule has 0 unspecified atom stereocenters. The summed E-state index contributed by atoms with van der Waals surface area (Å²) >= 11 is 0. The van der Waals surface area contributed by atoms with Crippen LogP contribution in [0.2, 0.25) is 18.1 Å². The van der Waals surface area contributed by atoms with Gasteiger partial charge in [-0.15, -0.1) is 0 Å². The van der Waals surface area contributed by atoms with E-state index in [1.54, 1.807) is 0 Å². The standard InChI is InChI=1S/C16H26OSi/c1-5-18(6-2,7-3)17-15(4)13-14-16-11-9-8-10-12-16/h8-12H,4-7,13-14H2,1-3H3. The topological polar surface area (TPSA) is 9.23 Å². The van der Waals surface area contributed by atoms with E-state index in [-0.39, 0.29) is 0 Å². The Morgan fingerprint density at radius 3 is 2.11 bits per heavy atom. The Hall–Kier alpha value is -1.02. The summed E-state index contributed by atoms with van der Waals surface area (Å²) in [5.74, 6) is 0.982. The van der Waals surface area contributed by atoms with Gasteiger partial charge in [-0.1, -0.05) is 57.7 Å². The minimum Gasteiger partial charge on any atom is -0.547 e. The molecular formula is C16H26OSi. The van der Waals surface area contributed by atoms with E-state index in [1.807, 2.05) is 0 Å². The van der Waals surface area contributed by atoms with E-state index >= 15 is 0 Å². The maximum absolute atomic E-state index is 6.25. The van der Waals surface area contributed by atoms with E-state index in [4.69, 9.17) is 4.43 Å². The van der Waals surface area contributed by atoms with Gasteiger partial charge in [0, 0.05) is 6.42 Å². The van der Waals surface area contributed by atoms with Crippen LogP contribution in [-0.2, 0) is 10.8 Å². The van der Waals surface area contributed by atoms with Crippen LogP contribution < -0.4 is 0 Å². The molecule has 0 amide bonds. The van der Waals surface area contributed by atoms with Gasteiger partial charge in [-0.05, 0) is 30.1 Å². The Morgan fingerprint density at radius 1 is 1.06 bits per heavy atom. The fraction of sp³-hybridized carbons (Fsp3) is 0.500. The van der Waals surface area contributed by atoms with Crippen molar-refractivity contribution in [3.8, 4) is 0 Å². The number of hydrogen-bond donors (Lipinski definition) is 0. The lowest BCUT2D eigenvalue weighted by Crippen LogP contribution is -2.35. The second-order valence-corrected chi connectivity index (χ2v) is 9.56. The summed E-state index contributed by atoms with van der Waals surface area (Å²) in [4.78, 5) is 0. The zero-order valence-corrected chi connectivity index (χ0v) is 13.0. The van der Waals surface area contributed by atoms with Gasteiger partial charge in [0.15, 0.2) is 0 Å². The first-order valence-corrected chi connectivity index (χ1v) is 9.59. The average Bonchev–Trinajstić information content (AvgIpc) is 2.44. The van der Waals surface area contributed by atoms with E-state index in [0.29, 0.717) is 0 Å². The summed E-state index contributed by atoms with van der Waals surface area (Å²) in [6.45, 7) is 10.9. The van der Waals surface area contributed by atoms with Gasteiger partial charge >= 0.3 is 0 Å². The maximum atomic E-state index is 6.25. The molecule has 0 atom stereocenters. The molecule has 0 aliphatic rings. The van der Waals surface area contributed by atoms with Gasteiger partial charge < -0.3 is 4.43 Å². The number of benzene rings is 1. The van der Waals surface area contributed by atoms with Crippen molar-refractivity contribution in [1.82, 2.24) is 0 Å². The highest BCUT2D eigenvalue weighted by molar-refractivity contribution is 6.73. The van der Waals surface area contributed by atoms with Gasteiger partial charge in [-0.2, -0.15) is 0 Å². The van der Waals surface area contributed by atoms with Crippen LogP contribution in [0, 0.1) is 0 Å². The molecule has 0 bridgehead atoms. The molecule has 0 aromatic heterocycles. The second-order valence-electron chi connectivity index (χ2n) is 4.87. The minimum atomic E-state index is -1.52. The van der Waals surface area contributed by atoms with Crippen LogP contribution in [-0.4, -0.2) is 8.32 Å². The lowest BCUT2D eigenvalue weighted by Gasteiger charge is -2.30. The van der Waals surface area contributed by atoms with Crippen LogP contribution in [0.25, 0.3) is 0 Å². The molecule has 0 fully saturated rings. The van der Waals surface area contributed by atoms with Crippen LogP contribution in [0.1, 0.15) is 32.8 Å². The van der Waals surface area contributed by atoms with Gasteiger partial charge in [0.05, 0.1) is 5.76 Å². The lowest BCUT2D eigenvalue weighted by molar-refractivity contribution is 0.386. The first-order chi connectivity index (χ1) is 8.65. The number of aryl methyl sites for hydroxylation is 1. The molecule has 1 aromatic carbocycles. The van der Waals surface area contributed by atoms with Crippen molar-refractivity contribution in [1.29, 1.82) is 0 Å². The van der Waals surface area contributed by atoms with Crippen LogP contribution in [0.4, 0.5) is 0 Å². The Kier molecular flexibility index (Phi) is 6.20. The average molecular weight is 262 g/mol. The van der Waals surface area contributed by atoms with E-state index in [0.717, 1.165) is 18.6 Å². The minimum absolute atomic E-state index is 0.943. The molecule has 0 aliphatic carbocycles. The SMILES string of the molecule is C=C(CCc1ccccc1)O[Si](CC)(CC)CC. The number of allylic oxidation sites excluding steroid dienone is 1. The molecule has 0 radical (unpaired) electrons. The first-order valence-electron chi connectivity index (χ1n) is 7.06. The molecule has 1 rings (SSSR count). The highest BCUT2D eigenvalue weighted by Crippen LogP contribution is 2.25. The zero-order chi connectivity index (χ0) is 13.4. The first kappa shape index (κ1) is 15.0. The largest absolute Gasteiger partial charge is 0.547 e. The lowest BCUT2D eigenvalue weighted by atomic mass is 10.1. The molecule has 2 heteroatoms. The molecule has 0 N–H and O–H groups in total. The van der Waals surface area contributed by atoms with Gasteiger partial charge in [-0.25, -0.2) is 0 Å². The molecule has 1 aromatic rings. The maximum Gasteiger partial charge on any atom is 0.250 e. The van der Waals surface area contributed by atoms with Crippen molar-refractivity contribution in [2.24, 2.45) is 0 Å². The summed E-state index contributed by atoms with van der Waals surface area (Å²) in [5, 5.41) is 0. The van der Waals surface area contributed by atoms with E-state index in [2.05, 4.69) is 57.7 Å². The molecule has 0 saturated heterocycles. The Balaban J connectivity index is 2.46. The summed E-state index contributed by atoms with van der Waals surface area (Å²) < 4.78 is 6.25. The molecule has 100 valence electrons. The van der Waals surface area contributed by atoms with Crippen LogP contribution >= 0.6 is 0 Å². The fourth-order valence-electron chi connectivity index (χ4n) is 2.25. The summed E-state index contributed by atoms with van der Waals surface area (Å²) in [7, 11) is -1.52. The molecule has 18 heavy (non-hydrogen) atoms. The molecular weight excluding hydrogens is 236 g/mol. The second kappa shape index (κ2) is 7.42. The van der Waals surface area contributed by atoms with Crippen molar-refractivity contribution < 1.29 is 4.43 Å². The van der Waals surface area contributed by atoms with Crippen LogP contribution in [0.3, 0.4) is 0 Å². The third-order valence-electron chi connectivity index (χ3n) is 3.83. The molecule has 0 heterocycles. The van der Waals surface area contributed by atoms with E-state index < -0.39 is 8.32 Å². The monoisotopic (exact) mass is 262 g/mol. The third kappa shape index (κ3) is 4.34. The van der Waals surface area contributed by atoms with Gasteiger partial charge in [0.2, 0.25) is 8.32 Å². The molecule has 0 saturated carbocycles. The normalized spacial score (nSPS) is 11.3. The summed E-state index contributed by atoms with van der Waals surface area (Å²) in [5.41, 5.74) is 1.36. The van der Waals surface area contributed by atoms with Crippen LogP contribution in [0.5, 0.6) is 0 Å². The van der Waals surface area contributed by atoms with Crippen LogP contribution in [0.15, 0.2) is 42.7 Å². The Labute approximate surface area is 113 Å². The summed E-state index contributed by atoms with van der Waals surface area (Å²) in [6, 6.07) is 14.1. The molecule has 0 spiro atoms. The molecule has 0 aliphatic heterocycles. The quantitative estimate of drug-likeness (QED) is 0.465. The van der Waals surface area contributed by atoms with Gasteiger partial charge in [-0.3, -0.25) is 0 Å². The molecule has 1 nitrogen and oxygen atoms in total. The van der Waals surface area contributed by atoms with Gasteiger partial charge in [0.25, 0.3) is 0 Å².